The van der Waals surface area contributed by atoms with E-state index >= 15 is 0 Å². The number of rotatable bonds is 7. The fourth-order valence-corrected chi connectivity index (χ4v) is 4.72. The topological polar surface area (TPSA) is 69.7 Å². The van der Waals surface area contributed by atoms with Crippen LogP contribution >= 0.6 is 11.6 Å². The van der Waals surface area contributed by atoms with Gasteiger partial charge in [-0.25, -0.2) is 13.1 Å². The summed E-state index contributed by atoms with van der Waals surface area (Å²) in [5.41, 5.74) is -1.08. The zero-order valence-corrected chi connectivity index (χ0v) is 17.2. The molecule has 6 nitrogen and oxygen atoms in total. The van der Waals surface area contributed by atoms with Crippen LogP contribution in [0.3, 0.4) is 0 Å². The molecule has 11 heteroatoms. The van der Waals surface area contributed by atoms with Crippen LogP contribution in [0.5, 0.6) is 0 Å². The summed E-state index contributed by atoms with van der Waals surface area (Å²) in [5, 5.41) is -0.281. The minimum absolute atomic E-state index is 0.00817. The monoisotopic (exact) mass is 441 g/mol. The number of benzene rings is 1. The van der Waals surface area contributed by atoms with Crippen LogP contribution in [-0.4, -0.2) is 63.9 Å². The summed E-state index contributed by atoms with van der Waals surface area (Å²) in [6.07, 6.45) is -2.62. The number of amides is 1. The van der Waals surface area contributed by atoms with Crippen LogP contribution in [0.1, 0.15) is 24.8 Å². The maximum Gasteiger partial charge on any atom is 0.416 e. The van der Waals surface area contributed by atoms with Crippen molar-refractivity contribution < 1.29 is 26.4 Å². The number of sulfonamides is 1. The molecule has 0 aromatic heterocycles. The predicted molar refractivity (Wildman–Crippen MR) is 99.5 cm³/mol. The van der Waals surface area contributed by atoms with Crippen LogP contribution in [-0.2, 0) is 21.0 Å². The first kappa shape index (κ1) is 22.9. The number of likely N-dealkylation sites (tertiary alicyclic amines) is 1. The molecule has 1 atom stereocenters. The summed E-state index contributed by atoms with van der Waals surface area (Å²) in [6, 6.07) is 1.96. The van der Waals surface area contributed by atoms with Crippen molar-refractivity contribution in [3.63, 3.8) is 0 Å². The fourth-order valence-electron chi connectivity index (χ4n) is 3.12. The van der Waals surface area contributed by atoms with Gasteiger partial charge >= 0.3 is 6.18 Å². The summed E-state index contributed by atoms with van der Waals surface area (Å²) in [7, 11) is -0.816. The predicted octanol–water partition coefficient (Wildman–Crippen LogP) is 2.58. The van der Waals surface area contributed by atoms with E-state index in [0.717, 1.165) is 31.5 Å². The van der Waals surface area contributed by atoms with Gasteiger partial charge in [0.2, 0.25) is 15.9 Å². The highest BCUT2D eigenvalue weighted by Gasteiger charge is 2.33. The van der Waals surface area contributed by atoms with E-state index in [1.165, 1.54) is 4.90 Å². The highest BCUT2D eigenvalue weighted by atomic mass is 35.5. The minimum Gasteiger partial charge on any atom is -0.347 e. The molecule has 0 bridgehead atoms. The van der Waals surface area contributed by atoms with Gasteiger partial charge in [0.15, 0.2) is 0 Å². The average molecular weight is 442 g/mol. The highest BCUT2D eigenvalue weighted by molar-refractivity contribution is 7.89. The maximum atomic E-state index is 12.8. The molecule has 0 aliphatic carbocycles. The van der Waals surface area contributed by atoms with Gasteiger partial charge in [-0.1, -0.05) is 11.6 Å². The van der Waals surface area contributed by atoms with E-state index in [1.54, 1.807) is 14.1 Å². The standard InChI is InChI=1S/C17H23ClF3N3O3S/c1-23(2)16(25)14-5-3-9-24(14)10-4-8-22-28(26,27)15-11-12(17(19,20)21)6-7-13(15)18/h6-7,11,14,22H,3-5,8-10H2,1-2H3. The van der Waals surface area contributed by atoms with E-state index < -0.39 is 26.7 Å². The van der Waals surface area contributed by atoms with Crippen molar-refractivity contribution in [3.05, 3.63) is 28.8 Å². The van der Waals surface area contributed by atoms with Gasteiger partial charge in [-0.3, -0.25) is 9.69 Å². The third-order valence-electron chi connectivity index (χ3n) is 4.55. The van der Waals surface area contributed by atoms with E-state index in [0.29, 0.717) is 19.0 Å². The van der Waals surface area contributed by atoms with Crippen molar-refractivity contribution in [1.29, 1.82) is 0 Å². The number of carbonyl (C=O) groups excluding carboxylic acids is 1. The zero-order valence-electron chi connectivity index (χ0n) is 15.6. The Kier molecular flexibility index (Phi) is 7.35. The van der Waals surface area contributed by atoms with Crippen LogP contribution in [0.2, 0.25) is 5.02 Å². The summed E-state index contributed by atoms with van der Waals surface area (Å²) < 4.78 is 65.5. The molecule has 1 aliphatic heterocycles. The summed E-state index contributed by atoms with van der Waals surface area (Å²) in [5.74, 6) is 0.00817. The van der Waals surface area contributed by atoms with E-state index in [1.807, 2.05) is 4.90 Å². The molecule has 1 aliphatic rings. The number of hydrogen-bond donors (Lipinski definition) is 1. The minimum atomic E-state index is -4.67. The Bertz CT molecular complexity index is 816. The van der Waals surface area contributed by atoms with Crippen molar-refractivity contribution >= 4 is 27.5 Å². The molecule has 1 heterocycles. The highest BCUT2D eigenvalue weighted by Crippen LogP contribution is 2.33. The average Bonchev–Trinajstić information content (AvgIpc) is 3.05. The van der Waals surface area contributed by atoms with Crippen molar-refractivity contribution in [2.45, 2.75) is 36.4 Å². The number of nitrogens with zero attached hydrogens (tertiary/aromatic N) is 2. The molecule has 1 fully saturated rings. The van der Waals surface area contributed by atoms with E-state index in [9.17, 15) is 26.4 Å². The van der Waals surface area contributed by atoms with Crippen LogP contribution in [0.15, 0.2) is 23.1 Å². The van der Waals surface area contributed by atoms with E-state index in [4.69, 9.17) is 11.6 Å². The molecule has 1 saturated heterocycles. The molecule has 2 rings (SSSR count). The van der Waals surface area contributed by atoms with Gasteiger partial charge in [0, 0.05) is 27.2 Å². The number of hydrogen-bond acceptors (Lipinski definition) is 4. The van der Waals surface area contributed by atoms with Gasteiger partial charge < -0.3 is 4.90 Å². The van der Waals surface area contributed by atoms with Crippen molar-refractivity contribution in [2.24, 2.45) is 0 Å². The number of carbonyl (C=O) groups is 1. The molecule has 1 N–H and O–H groups in total. The smallest absolute Gasteiger partial charge is 0.347 e. The second-order valence-electron chi connectivity index (χ2n) is 6.82. The number of nitrogens with one attached hydrogen (secondary N) is 1. The van der Waals surface area contributed by atoms with Gasteiger partial charge in [0.1, 0.15) is 4.90 Å². The molecule has 0 spiro atoms. The molecule has 0 radical (unpaired) electrons. The second-order valence-corrected chi connectivity index (χ2v) is 8.96. The SMILES string of the molecule is CN(C)C(=O)C1CCCN1CCCNS(=O)(=O)c1cc(C(F)(F)F)ccc1Cl. The van der Waals surface area contributed by atoms with Crippen molar-refractivity contribution in [1.82, 2.24) is 14.5 Å². The first-order chi connectivity index (χ1) is 12.9. The third kappa shape index (κ3) is 5.59. The van der Waals surface area contributed by atoms with Gasteiger partial charge in [-0.05, 0) is 44.0 Å². The maximum absolute atomic E-state index is 12.8. The Morgan fingerprint density at radius 2 is 2.04 bits per heavy atom. The van der Waals surface area contributed by atoms with E-state index in [2.05, 4.69) is 4.72 Å². The molecule has 1 aromatic carbocycles. The quantitative estimate of drug-likeness (QED) is 0.660. The Balaban J connectivity index is 1.97. The first-order valence-corrected chi connectivity index (χ1v) is 10.6. The number of halogens is 4. The second kappa shape index (κ2) is 8.98. The van der Waals surface area contributed by atoms with Gasteiger partial charge in [0.25, 0.3) is 0 Å². The lowest BCUT2D eigenvalue weighted by molar-refractivity contribution is -0.137. The Morgan fingerprint density at radius 3 is 2.64 bits per heavy atom. The Hall–Kier alpha value is -1.36. The van der Waals surface area contributed by atoms with Gasteiger partial charge in [0.05, 0.1) is 16.6 Å². The molecule has 1 aromatic rings. The van der Waals surface area contributed by atoms with Gasteiger partial charge in [-0.15, -0.1) is 0 Å². The first-order valence-electron chi connectivity index (χ1n) is 8.75. The van der Waals surface area contributed by atoms with Crippen LogP contribution in [0.4, 0.5) is 13.2 Å². The lowest BCUT2D eigenvalue weighted by atomic mass is 10.2. The third-order valence-corrected chi connectivity index (χ3v) is 6.49. The lowest BCUT2D eigenvalue weighted by Gasteiger charge is -2.26. The van der Waals surface area contributed by atoms with Crippen LogP contribution < -0.4 is 4.72 Å². The lowest BCUT2D eigenvalue weighted by Crippen LogP contribution is -2.43. The van der Waals surface area contributed by atoms with Gasteiger partial charge in [-0.2, -0.15) is 13.2 Å². The Labute approximate surface area is 167 Å². The zero-order chi connectivity index (χ0) is 21.1. The molecule has 0 saturated carbocycles. The molecular weight excluding hydrogens is 419 g/mol. The van der Waals surface area contributed by atoms with Crippen LogP contribution in [0, 0.1) is 0 Å². The van der Waals surface area contributed by atoms with Crippen molar-refractivity contribution in [3.8, 4) is 0 Å². The number of likely N-dealkylation sites (N-methyl/N-ethyl adjacent to an activating group) is 1. The summed E-state index contributed by atoms with van der Waals surface area (Å²) in [6.45, 7) is 1.27. The Morgan fingerprint density at radius 1 is 1.36 bits per heavy atom. The molecular formula is C17H23ClF3N3O3S. The normalized spacial score (nSPS) is 18.4. The van der Waals surface area contributed by atoms with E-state index in [-0.39, 0.29) is 23.5 Å². The molecule has 1 unspecified atom stereocenters. The largest absolute Gasteiger partial charge is 0.416 e. The number of alkyl halides is 3. The molecule has 28 heavy (non-hydrogen) atoms. The summed E-state index contributed by atoms with van der Waals surface area (Å²) in [4.78, 5) is 15.1. The molecule has 158 valence electrons. The fraction of sp³-hybridized carbons (Fsp3) is 0.588. The summed E-state index contributed by atoms with van der Waals surface area (Å²) >= 11 is 5.79. The van der Waals surface area contributed by atoms with Crippen LogP contribution in [0.25, 0.3) is 0 Å². The van der Waals surface area contributed by atoms with Crippen molar-refractivity contribution in [2.75, 3.05) is 33.7 Å². The molecule has 1 amide bonds.